The van der Waals surface area contributed by atoms with Crippen LogP contribution in [0.4, 0.5) is 5.82 Å². The van der Waals surface area contributed by atoms with E-state index in [0.717, 1.165) is 11.3 Å². The van der Waals surface area contributed by atoms with E-state index in [1.165, 1.54) is 27.0 Å². The number of sulfone groups is 1. The minimum absolute atomic E-state index is 0.0160. The third-order valence-electron chi connectivity index (χ3n) is 4.81. The third kappa shape index (κ3) is 3.84. The number of thiophene rings is 1. The Bertz CT molecular complexity index is 1110. The van der Waals surface area contributed by atoms with Crippen LogP contribution >= 0.6 is 22.9 Å². The highest BCUT2D eigenvalue weighted by atomic mass is 35.5. The van der Waals surface area contributed by atoms with E-state index in [2.05, 4.69) is 15.3 Å². The average molecular weight is 457 g/mol. The standard InChI is InChI=1S/C18H21ClN4O4S2/c1-17(2)16(20)23-18(3,9-29(17,25)26)14-10(19)8-11(28-14)15(24)22-12-6-5-7-13(21-12)27-4/h5-8H,9H2,1-4H3,(H2,20,23)(H,21,22,24)/t18-/m0/s1. The van der Waals surface area contributed by atoms with Crippen molar-refractivity contribution >= 4 is 50.3 Å². The molecule has 3 heterocycles. The van der Waals surface area contributed by atoms with Crippen LogP contribution in [-0.2, 0) is 15.4 Å². The van der Waals surface area contributed by atoms with Gasteiger partial charge in [0.1, 0.15) is 21.9 Å². The van der Waals surface area contributed by atoms with E-state index < -0.39 is 26.0 Å². The maximum absolute atomic E-state index is 12.8. The number of methoxy groups -OCH3 is 1. The molecule has 2 aromatic rings. The lowest BCUT2D eigenvalue weighted by Crippen LogP contribution is -2.54. The Morgan fingerprint density at radius 1 is 1.34 bits per heavy atom. The zero-order valence-electron chi connectivity index (χ0n) is 16.3. The van der Waals surface area contributed by atoms with Crippen LogP contribution in [0.5, 0.6) is 5.88 Å². The van der Waals surface area contributed by atoms with Gasteiger partial charge >= 0.3 is 0 Å². The van der Waals surface area contributed by atoms with Crippen molar-refractivity contribution in [3.63, 3.8) is 0 Å². The number of amidine groups is 1. The minimum Gasteiger partial charge on any atom is -0.481 e. The average Bonchev–Trinajstić information content (AvgIpc) is 3.03. The van der Waals surface area contributed by atoms with Gasteiger partial charge in [-0.25, -0.2) is 8.42 Å². The van der Waals surface area contributed by atoms with Crippen LogP contribution in [0.25, 0.3) is 0 Å². The lowest BCUT2D eigenvalue weighted by molar-refractivity contribution is 0.103. The number of rotatable bonds is 4. The second kappa shape index (κ2) is 7.26. The van der Waals surface area contributed by atoms with Gasteiger partial charge in [-0.3, -0.25) is 9.79 Å². The molecule has 1 aliphatic heterocycles. The number of pyridine rings is 1. The molecule has 0 saturated heterocycles. The second-order valence-corrected chi connectivity index (χ2v) is 11.3. The Kier molecular flexibility index (Phi) is 5.39. The summed E-state index contributed by atoms with van der Waals surface area (Å²) in [5.74, 6) is 0.00795. The van der Waals surface area contributed by atoms with E-state index in [9.17, 15) is 13.2 Å². The lowest BCUT2D eigenvalue weighted by atomic mass is 10.0. The summed E-state index contributed by atoms with van der Waals surface area (Å²) < 4.78 is 29.3. The zero-order valence-corrected chi connectivity index (χ0v) is 18.7. The van der Waals surface area contributed by atoms with Gasteiger partial charge in [0.25, 0.3) is 5.91 Å². The molecule has 2 aromatic heterocycles. The molecule has 0 spiro atoms. The number of aliphatic imine (C=N–C) groups is 1. The van der Waals surface area contributed by atoms with Crippen LogP contribution in [0.1, 0.15) is 35.3 Å². The summed E-state index contributed by atoms with van der Waals surface area (Å²) in [5, 5.41) is 2.93. The lowest BCUT2D eigenvalue weighted by Gasteiger charge is -2.37. The predicted octanol–water partition coefficient (Wildman–Crippen LogP) is 2.84. The molecule has 156 valence electrons. The van der Waals surface area contributed by atoms with Crippen LogP contribution in [0.2, 0.25) is 5.02 Å². The van der Waals surface area contributed by atoms with Gasteiger partial charge < -0.3 is 15.8 Å². The Balaban J connectivity index is 1.94. The van der Waals surface area contributed by atoms with Crippen molar-refractivity contribution in [3.8, 4) is 5.88 Å². The fraction of sp³-hybridized carbons (Fsp3) is 0.389. The van der Waals surface area contributed by atoms with Gasteiger partial charge in [-0.1, -0.05) is 17.7 Å². The molecule has 8 nitrogen and oxygen atoms in total. The van der Waals surface area contributed by atoms with Crippen molar-refractivity contribution in [2.75, 3.05) is 18.2 Å². The van der Waals surface area contributed by atoms with E-state index in [4.69, 9.17) is 22.1 Å². The molecule has 1 aliphatic rings. The van der Waals surface area contributed by atoms with Crippen LogP contribution in [-0.4, -0.2) is 42.8 Å². The first-order chi connectivity index (χ1) is 13.4. The highest BCUT2D eigenvalue weighted by Crippen LogP contribution is 2.43. The van der Waals surface area contributed by atoms with Gasteiger partial charge in [0, 0.05) is 6.07 Å². The van der Waals surface area contributed by atoms with Gasteiger partial charge in [-0.15, -0.1) is 11.3 Å². The number of hydrogen-bond acceptors (Lipinski definition) is 8. The third-order valence-corrected chi connectivity index (χ3v) is 9.31. The van der Waals surface area contributed by atoms with Crippen molar-refractivity contribution in [3.05, 3.63) is 39.0 Å². The van der Waals surface area contributed by atoms with Gasteiger partial charge in [-0.05, 0) is 32.9 Å². The highest BCUT2D eigenvalue weighted by Gasteiger charge is 2.50. The minimum atomic E-state index is -3.58. The van der Waals surface area contributed by atoms with E-state index in [-0.39, 0.29) is 16.6 Å². The first kappa shape index (κ1) is 21.5. The Labute approximate surface area is 178 Å². The summed E-state index contributed by atoms with van der Waals surface area (Å²) in [7, 11) is -2.10. The maximum atomic E-state index is 12.8. The quantitative estimate of drug-likeness (QED) is 0.728. The number of halogens is 1. The van der Waals surface area contributed by atoms with Crippen molar-refractivity contribution in [1.29, 1.82) is 0 Å². The van der Waals surface area contributed by atoms with Crippen LogP contribution in [0.15, 0.2) is 29.3 Å². The summed E-state index contributed by atoms with van der Waals surface area (Å²) in [6, 6.07) is 6.46. The summed E-state index contributed by atoms with van der Waals surface area (Å²) in [4.78, 5) is 22.0. The number of ether oxygens (including phenoxy) is 1. The molecular weight excluding hydrogens is 436 g/mol. The van der Waals surface area contributed by atoms with E-state index in [1.54, 1.807) is 25.1 Å². The van der Waals surface area contributed by atoms with E-state index >= 15 is 0 Å². The first-order valence-corrected chi connectivity index (χ1v) is 11.4. The number of amides is 1. The predicted molar refractivity (Wildman–Crippen MR) is 115 cm³/mol. The van der Waals surface area contributed by atoms with Crippen LogP contribution in [0.3, 0.4) is 0 Å². The molecule has 0 aliphatic carbocycles. The molecule has 1 atom stereocenters. The molecule has 0 fully saturated rings. The largest absolute Gasteiger partial charge is 0.481 e. The maximum Gasteiger partial charge on any atom is 0.266 e. The second-order valence-electron chi connectivity index (χ2n) is 7.35. The number of nitrogens with two attached hydrogens (primary N) is 1. The molecule has 1 amide bonds. The van der Waals surface area contributed by atoms with Gasteiger partial charge in [0.2, 0.25) is 5.88 Å². The molecule has 0 saturated carbocycles. The number of aromatic nitrogens is 1. The number of nitrogens with zero attached hydrogens (tertiary/aromatic N) is 2. The molecule has 3 rings (SSSR count). The molecule has 0 bridgehead atoms. The number of anilines is 1. The van der Waals surface area contributed by atoms with Crippen molar-refractivity contribution in [1.82, 2.24) is 4.98 Å². The Morgan fingerprint density at radius 3 is 2.66 bits per heavy atom. The Morgan fingerprint density at radius 2 is 2.03 bits per heavy atom. The first-order valence-electron chi connectivity index (χ1n) is 8.60. The van der Waals surface area contributed by atoms with Crippen molar-refractivity contribution < 1.29 is 17.9 Å². The van der Waals surface area contributed by atoms with Gasteiger partial charge in [0.05, 0.1) is 27.6 Å². The van der Waals surface area contributed by atoms with Crippen LogP contribution < -0.4 is 15.8 Å². The zero-order chi connectivity index (χ0) is 21.6. The smallest absolute Gasteiger partial charge is 0.266 e. The SMILES string of the molecule is COc1cccc(NC(=O)c2cc(Cl)c([C@]3(C)CS(=O)(=O)C(C)(C)C(N)=N3)s2)n1. The van der Waals surface area contributed by atoms with E-state index in [1.807, 2.05) is 0 Å². The monoisotopic (exact) mass is 456 g/mol. The van der Waals surface area contributed by atoms with Crippen molar-refractivity contribution in [2.24, 2.45) is 10.7 Å². The molecule has 0 aromatic carbocycles. The molecule has 11 heteroatoms. The summed E-state index contributed by atoms with van der Waals surface area (Å²) in [6.07, 6.45) is 0. The fourth-order valence-electron chi connectivity index (χ4n) is 2.88. The van der Waals surface area contributed by atoms with Crippen LogP contribution in [0, 0.1) is 0 Å². The number of carbonyl (C=O) groups excluding carboxylic acids is 1. The summed E-state index contributed by atoms with van der Waals surface area (Å²) >= 11 is 7.44. The summed E-state index contributed by atoms with van der Waals surface area (Å²) in [5.41, 5.74) is 4.81. The number of hydrogen-bond donors (Lipinski definition) is 2. The molecule has 0 unspecified atom stereocenters. The molecule has 3 N–H and O–H groups in total. The molecule has 0 radical (unpaired) electrons. The topological polar surface area (TPSA) is 124 Å². The Hall–Kier alpha value is -2.17. The van der Waals surface area contributed by atoms with E-state index in [0.29, 0.717) is 21.5 Å². The van der Waals surface area contributed by atoms with Crippen molar-refractivity contribution in [2.45, 2.75) is 31.1 Å². The summed E-state index contributed by atoms with van der Waals surface area (Å²) in [6.45, 7) is 4.70. The molecule has 29 heavy (non-hydrogen) atoms. The van der Waals surface area contributed by atoms with Gasteiger partial charge in [-0.2, -0.15) is 4.98 Å². The number of carbonyl (C=O) groups is 1. The molecular formula is C18H21ClN4O4S2. The fourth-order valence-corrected chi connectivity index (χ4v) is 6.18. The normalized spacial score (nSPS) is 22.6. The number of nitrogens with one attached hydrogen (secondary N) is 1. The van der Waals surface area contributed by atoms with Gasteiger partial charge in [0.15, 0.2) is 9.84 Å². The highest BCUT2D eigenvalue weighted by molar-refractivity contribution is 7.93.